The SMILES string of the molecule is O=C(CN1CCN(c2ncnc3sccc23)CC1)NCc1ccc(Cl)cc1. The lowest BCUT2D eigenvalue weighted by atomic mass is 10.2. The van der Waals surface area contributed by atoms with Crippen LogP contribution in [0.1, 0.15) is 5.56 Å². The van der Waals surface area contributed by atoms with Crippen LogP contribution in [-0.4, -0.2) is 53.5 Å². The zero-order valence-electron chi connectivity index (χ0n) is 14.8. The molecule has 0 unspecified atom stereocenters. The van der Waals surface area contributed by atoms with E-state index in [9.17, 15) is 4.79 Å². The van der Waals surface area contributed by atoms with Crippen molar-refractivity contribution in [3.05, 3.63) is 52.6 Å². The first kappa shape index (κ1) is 18.2. The predicted octanol–water partition coefficient (Wildman–Crippen LogP) is 2.78. The molecule has 0 bridgehead atoms. The number of rotatable bonds is 5. The number of benzene rings is 1. The molecular formula is C19H20ClN5OS. The Balaban J connectivity index is 1.27. The van der Waals surface area contributed by atoms with Crippen LogP contribution in [0.3, 0.4) is 0 Å². The Hall–Kier alpha value is -2.22. The molecule has 1 aromatic carbocycles. The molecule has 0 atom stereocenters. The smallest absolute Gasteiger partial charge is 0.234 e. The van der Waals surface area contributed by atoms with Crippen LogP contribution in [0.5, 0.6) is 0 Å². The average molecular weight is 402 g/mol. The first-order valence-corrected chi connectivity index (χ1v) is 10.1. The van der Waals surface area contributed by atoms with E-state index in [-0.39, 0.29) is 5.91 Å². The van der Waals surface area contributed by atoms with E-state index in [4.69, 9.17) is 11.6 Å². The third-order valence-corrected chi connectivity index (χ3v) is 5.76. The van der Waals surface area contributed by atoms with Gasteiger partial charge >= 0.3 is 0 Å². The molecule has 27 heavy (non-hydrogen) atoms. The number of nitrogens with one attached hydrogen (secondary N) is 1. The van der Waals surface area contributed by atoms with Crippen LogP contribution in [-0.2, 0) is 11.3 Å². The maximum Gasteiger partial charge on any atom is 0.234 e. The highest BCUT2D eigenvalue weighted by Gasteiger charge is 2.21. The van der Waals surface area contributed by atoms with Crippen molar-refractivity contribution in [3.63, 3.8) is 0 Å². The fourth-order valence-corrected chi connectivity index (χ4v) is 4.06. The minimum absolute atomic E-state index is 0.0423. The van der Waals surface area contributed by atoms with E-state index in [2.05, 4.69) is 31.2 Å². The Morgan fingerprint density at radius 1 is 1.11 bits per heavy atom. The van der Waals surface area contributed by atoms with Gasteiger partial charge < -0.3 is 10.2 Å². The maximum absolute atomic E-state index is 12.2. The normalized spacial score (nSPS) is 15.2. The second kappa shape index (κ2) is 8.21. The summed E-state index contributed by atoms with van der Waals surface area (Å²) in [5.74, 6) is 1.04. The Morgan fingerprint density at radius 3 is 2.67 bits per heavy atom. The van der Waals surface area contributed by atoms with Crippen LogP contribution in [0.15, 0.2) is 42.0 Å². The zero-order valence-corrected chi connectivity index (χ0v) is 16.3. The van der Waals surface area contributed by atoms with Crippen molar-refractivity contribution >= 4 is 44.9 Å². The monoisotopic (exact) mass is 401 g/mol. The van der Waals surface area contributed by atoms with E-state index < -0.39 is 0 Å². The van der Waals surface area contributed by atoms with Gasteiger partial charge in [0.25, 0.3) is 0 Å². The molecule has 1 fully saturated rings. The maximum atomic E-state index is 12.2. The minimum atomic E-state index is 0.0423. The van der Waals surface area contributed by atoms with Crippen LogP contribution < -0.4 is 10.2 Å². The second-order valence-electron chi connectivity index (χ2n) is 6.50. The summed E-state index contributed by atoms with van der Waals surface area (Å²) in [5.41, 5.74) is 1.04. The summed E-state index contributed by atoms with van der Waals surface area (Å²) in [6.07, 6.45) is 1.63. The van der Waals surface area contributed by atoms with Gasteiger partial charge in [0.1, 0.15) is 17.0 Å². The number of halogens is 1. The topological polar surface area (TPSA) is 61.4 Å². The highest BCUT2D eigenvalue weighted by atomic mass is 35.5. The molecule has 3 heterocycles. The number of carbonyl (C=O) groups excluding carboxylic acids is 1. The standard InChI is InChI=1S/C19H20ClN5OS/c20-15-3-1-14(2-4-15)11-21-17(26)12-24-6-8-25(9-7-24)18-16-5-10-27-19(16)23-13-22-18/h1-5,10,13H,6-9,11-12H2,(H,21,26). The highest BCUT2D eigenvalue weighted by molar-refractivity contribution is 7.16. The molecule has 8 heteroatoms. The van der Waals surface area contributed by atoms with Crippen molar-refractivity contribution in [2.24, 2.45) is 0 Å². The first-order chi connectivity index (χ1) is 13.2. The first-order valence-electron chi connectivity index (χ1n) is 8.86. The van der Waals surface area contributed by atoms with Crippen molar-refractivity contribution in [3.8, 4) is 0 Å². The lowest BCUT2D eigenvalue weighted by Gasteiger charge is -2.35. The van der Waals surface area contributed by atoms with E-state index in [1.807, 2.05) is 29.6 Å². The molecule has 6 nitrogen and oxygen atoms in total. The number of hydrogen-bond donors (Lipinski definition) is 1. The fraction of sp³-hybridized carbons (Fsp3) is 0.316. The number of anilines is 1. The van der Waals surface area contributed by atoms with Crippen LogP contribution in [0.4, 0.5) is 5.82 Å². The Labute approximate surface area is 166 Å². The van der Waals surface area contributed by atoms with E-state index in [0.717, 1.165) is 47.8 Å². The molecule has 140 valence electrons. The van der Waals surface area contributed by atoms with Gasteiger partial charge in [0.2, 0.25) is 5.91 Å². The van der Waals surface area contributed by atoms with Crippen LogP contribution in [0.25, 0.3) is 10.2 Å². The van der Waals surface area contributed by atoms with Crippen molar-refractivity contribution in [2.45, 2.75) is 6.54 Å². The number of carbonyl (C=O) groups is 1. The lowest BCUT2D eigenvalue weighted by Crippen LogP contribution is -2.49. The number of amides is 1. The molecule has 1 aliphatic rings. The van der Waals surface area contributed by atoms with Gasteiger partial charge in [0.05, 0.1) is 11.9 Å². The largest absolute Gasteiger partial charge is 0.353 e. The summed E-state index contributed by atoms with van der Waals surface area (Å²) in [7, 11) is 0. The van der Waals surface area contributed by atoms with Gasteiger partial charge in [-0.3, -0.25) is 9.69 Å². The zero-order chi connectivity index (χ0) is 18.6. The summed E-state index contributed by atoms with van der Waals surface area (Å²) in [4.78, 5) is 26.5. The number of piperazine rings is 1. The number of nitrogens with zero attached hydrogens (tertiary/aromatic N) is 4. The Morgan fingerprint density at radius 2 is 1.89 bits per heavy atom. The molecule has 0 radical (unpaired) electrons. The summed E-state index contributed by atoms with van der Waals surface area (Å²) in [6.45, 7) is 4.32. The molecule has 4 rings (SSSR count). The fourth-order valence-electron chi connectivity index (χ4n) is 3.21. The lowest BCUT2D eigenvalue weighted by molar-refractivity contribution is -0.122. The number of fused-ring (bicyclic) bond motifs is 1. The molecular weight excluding hydrogens is 382 g/mol. The third-order valence-electron chi connectivity index (χ3n) is 4.68. The number of thiophene rings is 1. The second-order valence-corrected chi connectivity index (χ2v) is 7.83. The number of hydrogen-bond acceptors (Lipinski definition) is 6. The summed E-state index contributed by atoms with van der Waals surface area (Å²) < 4.78 is 0. The highest BCUT2D eigenvalue weighted by Crippen LogP contribution is 2.27. The molecule has 3 aromatic rings. The van der Waals surface area contributed by atoms with Gasteiger partial charge in [-0.25, -0.2) is 9.97 Å². The average Bonchev–Trinajstić information content (AvgIpc) is 3.17. The van der Waals surface area contributed by atoms with Crippen LogP contribution >= 0.6 is 22.9 Å². The van der Waals surface area contributed by atoms with Gasteiger partial charge in [-0.15, -0.1) is 11.3 Å². The minimum Gasteiger partial charge on any atom is -0.353 e. The van der Waals surface area contributed by atoms with Gasteiger partial charge in [0.15, 0.2) is 0 Å². The predicted molar refractivity (Wildman–Crippen MR) is 109 cm³/mol. The molecule has 2 aromatic heterocycles. The van der Waals surface area contributed by atoms with Gasteiger partial charge in [-0.2, -0.15) is 0 Å². The van der Waals surface area contributed by atoms with Crippen molar-refractivity contribution < 1.29 is 4.79 Å². The third kappa shape index (κ3) is 4.37. The molecule has 0 spiro atoms. The van der Waals surface area contributed by atoms with Gasteiger partial charge in [0, 0.05) is 37.7 Å². The molecule has 1 N–H and O–H groups in total. The summed E-state index contributed by atoms with van der Waals surface area (Å²) in [5, 5.41) is 6.83. The van der Waals surface area contributed by atoms with Crippen LogP contribution in [0.2, 0.25) is 5.02 Å². The Bertz CT molecular complexity index is 921. The molecule has 1 saturated heterocycles. The van der Waals surface area contributed by atoms with E-state index in [1.54, 1.807) is 17.7 Å². The van der Waals surface area contributed by atoms with Crippen molar-refractivity contribution in [1.29, 1.82) is 0 Å². The van der Waals surface area contributed by atoms with Crippen molar-refractivity contribution in [2.75, 3.05) is 37.6 Å². The van der Waals surface area contributed by atoms with E-state index in [1.165, 1.54) is 0 Å². The van der Waals surface area contributed by atoms with Crippen molar-refractivity contribution in [1.82, 2.24) is 20.2 Å². The molecule has 1 amide bonds. The van der Waals surface area contributed by atoms with Crippen LogP contribution in [0, 0.1) is 0 Å². The van der Waals surface area contributed by atoms with Gasteiger partial charge in [-0.05, 0) is 29.1 Å². The summed E-state index contributed by atoms with van der Waals surface area (Å²) >= 11 is 7.51. The van der Waals surface area contributed by atoms with E-state index in [0.29, 0.717) is 18.1 Å². The number of aromatic nitrogens is 2. The summed E-state index contributed by atoms with van der Waals surface area (Å²) in [6, 6.07) is 9.59. The molecule has 1 aliphatic heterocycles. The molecule has 0 saturated carbocycles. The molecule has 0 aliphatic carbocycles. The van der Waals surface area contributed by atoms with E-state index >= 15 is 0 Å². The quantitative estimate of drug-likeness (QED) is 0.712. The Kier molecular flexibility index (Phi) is 5.52. The van der Waals surface area contributed by atoms with Gasteiger partial charge in [-0.1, -0.05) is 23.7 Å².